The maximum absolute atomic E-state index is 13.4. The molecule has 2 aliphatic rings. The Balaban J connectivity index is 1.44. The van der Waals surface area contributed by atoms with Crippen LogP contribution in [0.25, 0.3) is 11.1 Å². The summed E-state index contributed by atoms with van der Waals surface area (Å²) in [5.74, 6) is -0.320. The largest absolute Gasteiger partial charge is 0.465 e. The van der Waals surface area contributed by atoms with Crippen LogP contribution in [0.1, 0.15) is 64.9 Å². The van der Waals surface area contributed by atoms with E-state index in [-0.39, 0.29) is 5.97 Å². The van der Waals surface area contributed by atoms with E-state index in [9.17, 15) is 18.9 Å². The van der Waals surface area contributed by atoms with Gasteiger partial charge in [-0.1, -0.05) is 30.3 Å². The number of carbonyl (C=O) groups excluding carboxylic acids is 2. The Hall–Kier alpha value is -3.49. The summed E-state index contributed by atoms with van der Waals surface area (Å²) < 4.78 is 21.0. The van der Waals surface area contributed by atoms with E-state index in [1.807, 2.05) is 36.4 Å². The monoisotopic (exact) mass is 532 g/mol. The molecule has 0 bridgehead atoms. The third-order valence-electron chi connectivity index (χ3n) is 7.39. The van der Waals surface area contributed by atoms with Gasteiger partial charge in [0.15, 0.2) is 11.0 Å². The van der Waals surface area contributed by atoms with Gasteiger partial charge < -0.3 is 15.2 Å². The molecular formula is C30H32N2O5S. The highest BCUT2D eigenvalue weighted by Crippen LogP contribution is 2.42. The Bertz CT molecular complexity index is 1410. The summed E-state index contributed by atoms with van der Waals surface area (Å²) >= 11 is 0. The van der Waals surface area contributed by atoms with Crippen molar-refractivity contribution in [3.63, 3.8) is 0 Å². The van der Waals surface area contributed by atoms with Gasteiger partial charge >= 0.3 is 12.0 Å². The zero-order chi connectivity index (χ0) is 27.0. The summed E-state index contributed by atoms with van der Waals surface area (Å²) in [6.07, 6.45) is 4.86. The molecule has 0 saturated carbocycles. The fourth-order valence-electron chi connectivity index (χ4n) is 5.59. The molecule has 2 aliphatic carbocycles. The lowest BCUT2D eigenvalue weighted by molar-refractivity contribution is 0.0598. The topological polar surface area (TPSA) is 105 Å². The number of aliphatic hydroxyl groups is 1. The first kappa shape index (κ1) is 26.1. The molecule has 1 atom stereocenters. The number of hydrogen-bond donors (Lipinski definition) is 3. The number of carbonyl (C=O) groups is 2. The van der Waals surface area contributed by atoms with Crippen LogP contribution < -0.4 is 10.0 Å². The van der Waals surface area contributed by atoms with Crippen molar-refractivity contribution >= 4 is 28.7 Å². The lowest BCUT2D eigenvalue weighted by Crippen LogP contribution is -2.31. The zero-order valence-electron chi connectivity index (χ0n) is 21.8. The number of hydrogen-bond acceptors (Lipinski definition) is 5. The normalized spacial score (nSPS) is 14.9. The van der Waals surface area contributed by atoms with Gasteiger partial charge in [0, 0.05) is 5.69 Å². The van der Waals surface area contributed by atoms with Crippen molar-refractivity contribution in [3.05, 3.63) is 81.9 Å². The van der Waals surface area contributed by atoms with Crippen LogP contribution in [-0.4, -0.2) is 28.4 Å². The molecule has 38 heavy (non-hydrogen) atoms. The van der Waals surface area contributed by atoms with E-state index < -0.39 is 22.6 Å². The molecule has 8 heteroatoms. The van der Waals surface area contributed by atoms with Crippen LogP contribution in [0.2, 0.25) is 0 Å². The molecule has 0 spiro atoms. The molecular weight excluding hydrogens is 500 g/mol. The van der Waals surface area contributed by atoms with Gasteiger partial charge in [0.05, 0.1) is 23.2 Å². The van der Waals surface area contributed by atoms with Crippen LogP contribution in [0.3, 0.4) is 0 Å². The van der Waals surface area contributed by atoms with Crippen LogP contribution in [-0.2, 0) is 47.0 Å². The van der Waals surface area contributed by atoms with Crippen molar-refractivity contribution in [3.8, 4) is 11.1 Å². The molecule has 2 amide bonds. The molecule has 0 aliphatic heterocycles. The van der Waals surface area contributed by atoms with Crippen molar-refractivity contribution in [1.82, 2.24) is 4.72 Å². The van der Waals surface area contributed by atoms with E-state index in [0.29, 0.717) is 16.0 Å². The Morgan fingerprint density at radius 2 is 1.50 bits per heavy atom. The second kappa shape index (κ2) is 10.3. The van der Waals surface area contributed by atoms with Gasteiger partial charge in [-0.25, -0.2) is 13.8 Å². The van der Waals surface area contributed by atoms with Crippen molar-refractivity contribution in [2.75, 3.05) is 12.4 Å². The van der Waals surface area contributed by atoms with Crippen molar-refractivity contribution < 1.29 is 23.6 Å². The number of methoxy groups -OCH3 is 1. The van der Waals surface area contributed by atoms with Gasteiger partial charge in [-0.05, 0) is 110 Å². The third-order valence-corrected chi connectivity index (χ3v) is 8.43. The summed E-state index contributed by atoms with van der Waals surface area (Å²) in [4.78, 5) is 26.2. The van der Waals surface area contributed by atoms with Gasteiger partial charge in [0.1, 0.15) is 0 Å². The van der Waals surface area contributed by atoms with Crippen LogP contribution in [0.15, 0.2) is 53.4 Å². The van der Waals surface area contributed by atoms with E-state index in [0.717, 1.165) is 77.6 Å². The maximum atomic E-state index is 13.4. The number of esters is 1. The van der Waals surface area contributed by atoms with Gasteiger partial charge in [-0.2, -0.15) is 0 Å². The summed E-state index contributed by atoms with van der Waals surface area (Å²) in [5.41, 5.74) is 6.42. The molecule has 0 saturated heterocycles. The number of urea groups is 1. The fourth-order valence-corrected chi connectivity index (χ4v) is 6.40. The van der Waals surface area contributed by atoms with E-state index in [2.05, 4.69) is 10.0 Å². The molecule has 0 fully saturated rings. The van der Waals surface area contributed by atoms with E-state index in [1.54, 1.807) is 26.0 Å². The van der Waals surface area contributed by atoms with Gasteiger partial charge in [-0.3, -0.25) is 4.72 Å². The van der Waals surface area contributed by atoms with Crippen LogP contribution >= 0.6 is 0 Å². The Morgan fingerprint density at radius 1 is 0.895 bits per heavy atom. The number of anilines is 1. The molecule has 3 N–H and O–H groups in total. The number of rotatable bonds is 6. The Labute approximate surface area is 225 Å². The molecule has 5 rings (SSSR count). The number of ether oxygens (including phenoxy) is 1. The predicted octanol–water partition coefficient (Wildman–Crippen LogP) is 5.19. The Morgan fingerprint density at radius 3 is 2.08 bits per heavy atom. The fraction of sp³-hybridized carbons (Fsp3) is 0.333. The molecule has 0 radical (unpaired) electrons. The zero-order valence-corrected chi connectivity index (χ0v) is 22.7. The smallest absolute Gasteiger partial charge is 0.338 e. The van der Waals surface area contributed by atoms with Crippen molar-refractivity contribution in [2.45, 2.75) is 62.9 Å². The lowest BCUT2D eigenvalue weighted by Gasteiger charge is -2.21. The highest BCUT2D eigenvalue weighted by Gasteiger charge is 2.32. The molecule has 198 valence electrons. The maximum Gasteiger partial charge on any atom is 0.338 e. The molecule has 0 aromatic heterocycles. The minimum Gasteiger partial charge on any atom is -0.465 e. The predicted molar refractivity (Wildman–Crippen MR) is 148 cm³/mol. The second-order valence-corrected chi connectivity index (χ2v) is 11.6. The molecule has 0 heterocycles. The SMILES string of the molecule is COC(=O)c1c2c(c(NC(=O)NS(=O)c3cc(-c4ccccc4)cc(C(C)(C)O)c3)c3c1CCC3)CCC2. The number of nitrogens with one attached hydrogen (secondary N) is 2. The summed E-state index contributed by atoms with van der Waals surface area (Å²) in [7, 11) is -0.474. The minimum absolute atomic E-state index is 0.320. The van der Waals surface area contributed by atoms with Crippen LogP contribution in [0, 0.1) is 0 Å². The summed E-state index contributed by atoms with van der Waals surface area (Å²) in [5, 5.41) is 13.6. The Kier molecular flexibility index (Phi) is 7.11. The van der Waals surface area contributed by atoms with Crippen molar-refractivity contribution in [1.29, 1.82) is 0 Å². The molecule has 3 aromatic rings. The average molecular weight is 533 g/mol. The summed E-state index contributed by atoms with van der Waals surface area (Å²) in [6, 6.07) is 14.3. The van der Waals surface area contributed by atoms with E-state index in [4.69, 9.17) is 4.74 Å². The minimum atomic E-state index is -1.87. The van der Waals surface area contributed by atoms with Crippen molar-refractivity contribution in [2.24, 2.45) is 0 Å². The molecule has 7 nitrogen and oxygen atoms in total. The number of amides is 2. The molecule has 3 aromatic carbocycles. The van der Waals surface area contributed by atoms with E-state index >= 15 is 0 Å². The first-order chi connectivity index (χ1) is 18.2. The first-order valence-corrected chi connectivity index (χ1v) is 14.0. The number of fused-ring (bicyclic) bond motifs is 2. The number of benzene rings is 3. The lowest BCUT2D eigenvalue weighted by atomic mass is 9.92. The second-order valence-electron chi connectivity index (χ2n) is 10.4. The van der Waals surface area contributed by atoms with Gasteiger partial charge in [0.2, 0.25) is 0 Å². The highest BCUT2D eigenvalue weighted by atomic mass is 32.2. The van der Waals surface area contributed by atoms with Gasteiger partial charge in [0.25, 0.3) is 0 Å². The van der Waals surface area contributed by atoms with Crippen LogP contribution in [0.4, 0.5) is 10.5 Å². The molecule has 1 unspecified atom stereocenters. The first-order valence-electron chi connectivity index (χ1n) is 12.9. The standard InChI is InChI=1S/C30H32N2O5S/c1-30(2,35)20-15-19(18-9-5-4-6-10-18)16-21(17-20)38(36)32-29(34)31-27-24-13-7-11-22(24)26(28(33)37-3)23-12-8-14-25(23)27/h4-6,9-10,15-17,35H,7-8,11-14H2,1-3H3,(H2,31,32,34). The highest BCUT2D eigenvalue weighted by molar-refractivity contribution is 7.83. The third kappa shape index (κ3) is 4.98. The van der Waals surface area contributed by atoms with Crippen LogP contribution in [0.5, 0.6) is 0 Å². The summed E-state index contributed by atoms with van der Waals surface area (Å²) in [6.45, 7) is 3.34. The van der Waals surface area contributed by atoms with Gasteiger partial charge in [-0.15, -0.1) is 0 Å². The quantitative estimate of drug-likeness (QED) is 0.379. The average Bonchev–Trinajstić information content (AvgIpc) is 3.58. The van der Waals surface area contributed by atoms with E-state index in [1.165, 1.54) is 7.11 Å².